The molecular weight excluding hydrogens is 324 g/mol. The lowest BCUT2D eigenvalue weighted by Gasteiger charge is -2.32. The number of hydrogen-bond donors (Lipinski definition) is 0. The summed E-state index contributed by atoms with van der Waals surface area (Å²) in [4.78, 5) is 19.7. The van der Waals surface area contributed by atoms with Crippen molar-refractivity contribution < 1.29 is 4.79 Å². The molecule has 2 aliphatic rings. The molecule has 1 aromatic heterocycles. The van der Waals surface area contributed by atoms with E-state index in [1.165, 1.54) is 12.0 Å². The average Bonchev–Trinajstić information content (AvgIpc) is 3.38. The Kier molecular flexibility index (Phi) is 5.32. The van der Waals surface area contributed by atoms with E-state index in [0.717, 1.165) is 64.0 Å². The molecule has 2 heterocycles. The summed E-state index contributed by atoms with van der Waals surface area (Å²) in [6, 6.07) is 10.5. The second-order valence-electron chi connectivity index (χ2n) is 7.61. The first-order valence-electron chi connectivity index (χ1n) is 10.0. The van der Waals surface area contributed by atoms with Crippen LogP contribution in [-0.4, -0.2) is 38.7 Å². The lowest BCUT2D eigenvalue weighted by molar-refractivity contribution is -0.136. The van der Waals surface area contributed by atoms with Crippen molar-refractivity contribution >= 4 is 5.91 Å². The molecule has 1 saturated heterocycles. The Balaban J connectivity index is 1.49. The number of amides is 1. The normalized spacial score (nSPS) is 23.3. The molecule has 0 N–H and O–H groups in total. The summed E-state index contributed by atoms with van der Waals surface area (Å²) < 4.78 is 2.03. The molecule has 0 unspecified atom stereocenters. The van der Waals surface area contributed by atoms with Crippen molar-refractivity contribution in [2.24, 2.45) is 5.92 Å². The molecule has 1 aliphatic carbocycles. The van der Waals surface area contributed by atoms with Crippen LogP contribution in [-0.2, 0) is 17.8 Å². The molecule has 1 aliphatic heterocycles. The zero-order valence-corrected chi connectivity index (χ0v) is 15.4. The van der Waals surface area contributed by atoms with Crippen LogP contribution in [0.2, 0.25) is 0 Å². The molecule has 2 fully saturated rings. The van der Waals surface area contributed by atoms with E-state index >= 15 is 0 Å². The lowest BCUT2D eigenvalue weighted by Crippen LogP contribution is -2.38. The minimum absolute atomic E-state index is 0.0847. The Morgan fingerprint density at radius 1 is 1.04 bits per heavy atom. The lowest BCUT2D eigenvalue weighted by atomic mass is 9.78. The maximum Gasteiger partial charge on any atom is 0.226 e. The van der Waals surface area contributed by atoms with E-state index in [9.17, 15) is 4.79 Å². The number of carbonyl (C=O) groups excluding carboxylic acids is 1. The monoisotopic (exact) mass is 352 g/mol. The minimum Gasteiger partial charge on any atom is -0.342 e. The third-order valence-electron chi connectivity index (χ3n) is 5.93. The van der Waals surface area contributed by atoms with Crippen molar-refractivity contribution in [1.29, 1.82) is 0 Å². The van der Waals surface area contributed by atoms with Gasteiger partial charge in [-0.1, -0.05) is 43.2 Å². The molecule has 0 radical (unpaired) electrons. The highest BCUT2D eigenvalue weighted by molar-refractivity contribution is 5.80. The van der Waals surface area contributed by atoms with Gasteiger partial charge in [-0.2, -0.15) is 5.10 Å². The Morgan fingerprint density at radius 2 is 1.81 bits per heavy atom. The SMILES string of the molecule is O=C([C@@H]1CCCC[C@@H]1c1ncnn1CCc1ccccc1)N1CCCC1. The van der Waals surface area contributed by atoms with Crippen LogP contribution < -0.4 is 0 Å². The Morgan fingerprint density at radius 3 is 2.62 bits per heavy atom. The molecular formula is C21H28N4O. The smallest absolute Gasteiger partial charge is 0.226 e. The highest BCUT2D eigenvalue weighted by atomic mass is 16.2. The molecule has 4 rings (SSSR count). The first-order valence-corrected chi connectivity index (χ1v) is 10.0. The van der Waals surface area contributed by atoms with Crippen molar-refractivity contribution in [1.82, 2.24) is 19.7 Å². The summed E-state index contributed by atoms with van der Waals surface area (Å²) in [6.45, 7) is 2.69. The van der Waals surface area contributed by atoms with Crippen LogP contribution in [0.25, 0.3) is 0 Å². The predicted molar refractivity (Wildman–Crippen MR) is 101 cm³/mol. The van der Waals surface area contributed by atoms with E-state index in [0.29, 0.717) is 5.91 Å². The molecule has 1 aromatic carbocycles. The Hall–Kier alpha value is -2.17. The van der Waals surface area contributed by atoms with Crippen molar-refractivity contribution in [3.05, 3.63) is 48.0 Å². The number of likely N-dealkylation sites (tertiary alicyclic amines) is 1. The first-order chi connectivity index (χ1) is 12.8. The van der Waals surface area contributed by atoms with Crippen LogP contribution in [0.15, 0.2) is 36.7 Å². The second kappa shape index (κ2) is 8.02. The van der Waals surface area contributed by atoms with Gasteiger partial charge in [-0.15, -0.1) is 0 Å². The number of hydrogen-bond acceptors (Lipinski definition) is 3. The van der Waals surface area contributed by atoms with Gasteiger partial charge in [0.1, 0.15) is 12.2 Å². The van der Waals surface area contributed by atoms with Gasteiger partial charge in [0.2, 0.25) is 5.91 Å². The maximum absolute atomic E-state index is 13.1. The molecule has 5 heteroatoms. The number of nitrogens with zero attached hydrogens (tertiary/aromatic N) is 4. The van der Waals surface area contributed by atoms with Crippen LogP contribution >= 0.6 is 0 Å². The highest BCUT2D eigenvalue weighted by Crippen LogP contribution is 2.38. The van der Waals surface area contributed by atoms with Gasteiger partial charge in [0.15, 0.2) is 0 Å². The van der Waals surface area contributed by atoms with Gasteiger partial charge in [0.05, 0.1) is 0 Å². The average molecular weight is 352 g/mol. The number of aromatic nitrogens is 3. The highest BCUT2D eigenvalue weighted by Gasteiger charge is 2.37. The van der Waals surface area contributed by atoms with E-state index in [1.54, 1.807) is 6.33 Å². The van der Waals surface area contributed by atoms with E-state index in [2.05, 4.69) is 39.2 Å². The topological polar surface area (TPSA) is 51.0 Å². The standard InChI is InChI=1S/C21H28N4O/c26-21(24-13-6-7-14-24)19-11-5-4-10-18(19)20-22-16-23-25(20)15-12-17-8-2-1-3-9-17/h1-3,8-9,16,18-19H,4-7,10-15H2/t18-,19+/m0/s1. The molecule has 2 atom stereocenters. The van der Waals surface area contributed by atoms with Crippen molar-refractivity contribution in [3.63, 3.8) is 0 Å². The van der Waals surface area contributed by atoms with Crippen molar-refractivity contribution in [3.8, 4) is 0 Å². The maximum atomic E-state index is 13.1. The van der Waals surface area contributed by atoms with Crippen LogP contribution in [0.5, 0.6) is 0 Å². The zero-order chi connectivity index (χ0) is 17.8. The largest absolute Gasteiger partial charge is 0.342 e. The third kappa shape index (κ3) is 3.67. The number of aryl methyl sites for hydroxylation is 2. The summed E-state index contributed by atoms with van der Waals surface area (Å²) >= 11 is 0. The van der Waals surface area contributed by atoms with E-state index in [-0.39, 0.29) is 11.8 Å². The Labute approximate surface area is 155 Å². The van der Waals surface area contributed by atoms with Crippen molar-refractivity contribution in [2.45, 2.75) is 57.4 Å². The number of rotatable bonds is 5. The summed E-state index contributed by atoms with van der Waals surface area (Å²) in [5.74, 6) is 1.67. The van der Waals surface area contributed by atoms with E-state index in [1.807, 2.05) is 10.7 Å². The van der Waals surface area contributed by atoms with Crippen LogP contribution in [0.1, 0.15) is 55.8 Å². The van der Waals surface area contributed by atoms with Gasteiger partial charge in [-0.25, -0.2) is 9.67 Å². The minimum atomic E-state index is 0.0847. The van der Waals surface area contributed by atoms with Gasteiger partial charge >= 0.3 is 0 Å². The molecule has 5 nitrogen and oxygen atoms in total. The van der Waals surface area contributed by atoms with Gasteiger partial charge < -0.3 is 4.90 Å². The van der Waals surface area contributed by atoms with Crippen LogP contribution in [0, 0.1) is 5.92 Å². The molecule has 138 valence electrons. The fraction of sp³-hybridized carbons (Fsp3) is 0.571. The molecule has 0 bridgehead atoms. The van der Waals surface area contributed by atoms with E-state index in [4.69, 9.17) is 0 Å². The summed E-state index contributed by atoms with van der Waals surface area (Å²) in [5.41, 5.74) is 1.31. The molecule has 0 spiro atoms. The molecule has 26 heavy (non-hydrogen) atoms. The fourth-order valence-corrected chi connectivity index (χ4v) is 4.52. The van der Waals surface area contributed by atoms with Gasteiger partial charge in [-0.3, -0.25) is 4.79 Å². The number of carbonyl (C=O) groups is 1. The molecule has 1 saturated carbocycles. The summed E-state index contributed by atoms with van der Waals surface area (Å²) in [7, 11) is 0. The quantitative estimate of drug-likeness (QED) is 0.828. The predicted octanol–water partition coefficient (Wildman–Crippen LogP) is 3.42. The Bertz CT molecular complexity index is 721. The van der Waals surface area contributed by atoms with Gasteiger partial charge in [0, 0.05) is 31.5 Å². The molecule has 2 aromatic rings. The van der Waals surface area contributed by atoms with Crippen LogP contribution in [0.3, 0.4) is 0 Å². The van der Waals surface area contributed by atoms with E-state index < -0.39 is 0 Å². The van der Waals surface area contributed by atoms with Gasteiger partial charge in [-0.05, 0) is 37.7 Å². The summed E-state index contributed by atoms with van der Waals surface area (Å²) in [5, 5.41) is 4.48. The van der Waals surface area contributed by atoms with Crippen molar-refractivity contribution in [2.75, 3.05) is 13.1 Å². The van der Waals surface area contributed by atoms with Crippen LogP contribution in [0.4, 0.5) is 0 Å². The third-order valence-corrected chi connectivity index (χ3v) is 5.93. The second-order valence-corrected chi connectivity index (χ2v) is 7.61. The van der Waals surface area contributed by atoms with Gasteiger partial charge in [0.25, 0.3) is 0 Å². The fourth-order valence-electron chi connectivity index (χ4n) is 4.52. The number of benzene rings is 1. The zero-order valence-electron chi connectivity index (χ0n) is 15.4. The first kappa shape index (κ1) is 17.3. The molecule has 1 amide bonds. The summed E-state index contributed by atoms with van der Waals surface area (Å²) in [6.07, 6.45) is 9.27.